The summed E-state index contributed by atoms with van der Waals surface area (Å²) in [6.07, 6.45) is 5.93. The van der Waals surface area contributed by atoms with Crippen LogP contribution in [-0.4, -0.2) is 31.2 Å². The van der Waals surface area contributed by atoms with Gasteiger partial charge in [0.2, 0.25) is 5.91 Å². The molecule has 1 aliphatic carbocycles. The van der Waals surface area contributed by atoms with E-state index < -0.39 is 0 Å². The fraction of sp³-hybridized carbons (Fsp3) is 0.692. The first-order chi connectivity index (χ1) is 8.50. The first-order valence-electron chi connectivity index (χ1n) is 6.41. The first-order valence-corrected chi connectivity index (χ1v) is 7.33. The highest BCUT2D eigenvalue weighted by Crippen LogP contribution is 2.30. The van der Waals surface area contributed by atoms with Crippen LogP contribution in [0.5, 0.6) is 0 Å². The highest BCUT2D eigenvalue weighted by Gasteiger charge is 2.36. The molecule has 0 bridgehead atoms. The van der Waals surface area contributed by atoms with Crippen molar-refractivity contribution in [1.29, 1.82) is 0 Å². The molecule has 0 aromatic carbocycles. The maximum atomic E-state index is 12.4. The number of alkyl halides is 1. The molecule has 1 aromatic rings. The predicted molar refractivity (Wildman–Crippen MR) is 74.3 cm³/mol. The predicted octanol–water partition coefficient (Wildman–Crippen LogP) is 2.33. The van der Waals surface area contributed by atoms with E-state index in [1.54, 1.807) is 6.20 Å². The van der Waals surface area contributed by atoms with Gasteiger partial charge < -0.3 is 9.47 Å². The third-order valence-corrected chi connectivity index (χ3v) is 4.77. The lowest BCUT2D eigenvalue weighted by Gasteiger charge is -2.26. The molecule has 5 heteroatoms. The topological polar surface area (TPSA) is 38.1 Å². The molecule has 0 radical (unpaired) electrons. The highest BCUT2D eigenvalue weighted by molar-refractivity contribution is 9.10. The zero-order valence-electron chi connectivity index (χ0n) is 11.1. The van der Waals surface area contributed by atoms with E-state index in [0.717, 1.165) is 18.7 Å². The molecule has 0 spiro atoms. The molecule has 100 valence electrons. The molecule has 1 aliphatic rings. The minimum absolute atomic E-state index is 0.0987. The maximum absolute atomic E-state index is 12.4. The molecular formula is C13H20BrN3O. The van der Waals surface area contributed by atoms with E-state index in [4.69, 9.17) is 0 Å². The van der Waals surface area contributed by atoms with Crippen molar-refractivity contribution in [1.82, 2.24) is 14.5 Å². The standard InChI is InChI=1S/C13H20BrN3O/c1-9(2)12(14)13(18)17(10-4-5-10)8-11-15-6-7-16(11)3/h6-7,9-10,12H,4-5,8H2,1-3H3. The average molecular weight is 314 g/mol. The van der Waals surface area contributed by atoms with Crippen molar-refractivity contribution in [3.63, 3.8) is 0 Å². The maximum Gasteiger partial charge on any atom is 0.237 e. The molecule has 1 saturated carbocycles. The Morgan fingerprint density at radius 1 is 1.61 bits per heavy atom. The van der Waals surface area contributed by atoms with Crippen molar-refractivity contribution in [2.45, 2.75) is 44.1 Å². The number of amides is 1. The number of hydrogen-bond donors (Lipinski definition) is 0. The fourth-order valence-electron chi connectivity index (χ4n) is 1.92. The van der Waals surface area contributed by atoms with E-state index in [2.05, 4.69) is 34.8 Å². The van der Waals surface area contributed by atoms with Crippen molar-refractivity contribution in [3.05, 3.63) is 18.2 Å². The zero-order chi connectivity index (χ0) is 13.3. The number of rotatable bonds is 5. The van der Waals surface area contributed by atoms with Gasteiger partial charge in [-0.05, 0) is 18.8 Å². The Hall–Kier alpha value is -0.840. The second kappa shape index (κ2) is 5.43. The zero-order valence-corrected chi connectivity index (χ0v) is 12.7. The molecule has 1 aromatic heterocycles. The number of hydrogen-bond acceptors (Lipinski definition) is 2. The summed E-state index contributed by atoms with van der Waals surface area (Å²) in [5.41, 5.74) is 0. The van der Waals surface area contributed by atoms with Crippen LogP contribution in [0.15, 0.2) is 12.4 Å². The summed E-state index contributed by atoms with van der Waals surface area (Å²) < 4.78 is 1.97. The summed E-state index contributed by atoms with van der Waals surface area (Å²) in [5.74, 6) is 1.44. The normalized spacial score (nSPS) is 16.9. The second-order valence-corrected chi connectivity index (χ2v) is 6.28. The van der Waals surface area contributed by atoms with E-state index in [1.807, 2.05) is 22.7 Å². The van der Waals surface area contributed by atoms with E-state index in [9.17, 15) is 4.79 Å². The van der Waals surface area contributed by atoms with Gasteiger partial charge in [-0.15, -0.1) is 0 Å². The van der Waals surface area contributed by atoms with Crippen LogP contribution in [0, 0.1) is 5.92 Å². The van der Waals surface area contributed by atoms with E-state index in [0.29, 0.717) is 18.5 Å². The van der Waals surface area contributed by atoms with Crippen LogP contribution >= 0.6 is 15.9 Å². The van der Waals surface area contributed by atoms with E-state index in [1.165, 1.54) is 0 Å². The summed E-state index contributed by atoms with van der Waals surface area (Å²) >= 11 is 3.51. The lowest BCUT2D eigenvalue weighted by Crippen LogP contribution is -2.40. The molecule has 4 nitrogen and oxygen atoms in total. The monoisotopic (exact) mass is 313 g/mol. The lowest BCUT2D eigenvalue weighted by molar-refractivity contribution is -0.132. The van der Waals surface area contributed by atoms with Crippen LogP contribution in [0.4, 0.5) is 0 Å². The van der Waals surface area contributed by atoms with Crippen molar-refractivity contribution in [2.75, 3.05) is 0 Å². The van der Waals surface area contributed by atoms with E-state index >= 15 is 0 Å². The van der Waals surface area contributed by atoms with Gasteiger partial charge in [-0.3, -0.25) is 4.79 Å². The number of aromatic nitrogens is 2. The van der Waals surface area contributed by atoms with Crippen LogP contribution < -0.4 is 0 Å². The number of carbonyl (C=O) groups is 1. The molecule has 2 rings (SSSR count). The number of carbonyl (C=O) groups excluding carboxylic acids is 1. The largest absolute Gasteiger partial charge is 0.337 e. The summed E-state index contributed by atoms with van der Waals surface area (Å²) in [5, 5.41) is 0. The molecule has 0 aliphatic heterocycles. The lowest BCUT2D eigenvalue weighted by atomic mass is 10.1. The minimum Gasteiger partial charge on any atom is -0.337 e. The summed E-state index contributed by atoms with van der Waals surface area (Å²) in [6, 6.07) is 0.410. The second-order valence-electron chi connectivity index (χ2n) is 5.30. The van der Waals surface area contributed by atoms with Gasteiger partial charge >= 0.3 is 0 Å². The molecule has 1 fully saturated rings. The molecular weight excluding hydrogens is 294 g/mol. The van der Waals surface area contributed by atoms with Crippen molar-refractivity contribution < 1.29 is 4.79 Å². The Kier molecular flexibility index (Phi) is 4.10. The summed E-state index contributed by atoms with van der Waals surface area (Å²) in [6.45, 7) is 4.73. The van der Waals surface area contributed by atoms with Gasteiger partial charge in [-0.25, -0.2) is 4.98 Å². The molecule has 1 unspecified atom stereocenters. The number of imidazole rings is 1. The number of nitrogens with zero attached hydrogens (tertiary/aromatic N) is 3. The van der Waals surface area contributed by atoms with Gasteiger partial charge in [0.15, 0.2) is 0 Å². The minimum atomic E-state index is -0.0987. The quantitative estimate of drug-likeness (QED) is 0.783. The Balaban J connectivity index is 2.09. The van der Waals surface area contributed by atoms with Gasteiger partial charge in [0.1, 0.15) is 5.82 Å². The van der Waals surface area contributed by atoms with Crippen LogP contribution in [0.3, 0.4) is 0 Å². The van der Waals surface area contributed by atoms with Crippen molar-refractivity contribution >= 4 is 21.8 Å². The molecule has 0 saturated heterocycles. The molecule has 18 heavy (non-hydrogen) atoms. The number of aryl methyl sites for hydroxylation is 1. The van der Waals surface area contributed by atoms with E-state index in [-0.39, 0.29) is 10.7 Å². The van der Waals surface area contributed by atoms with Gasteiger partial charge in [0.05, 0.1) is 11.4 Å². The average Bonchev–Trinajstić information content (AvgIpc) is 3.09. The Bertz CT molecular complexity index is 426. The third kappa shape index (κ3) is 2.94. The summed E-state index contributed by atoms with van der Waals surface area (Å²) in [7, 11) is 1.96. The van der Waals surface area contributed by atoms with Crippen molar-refractivity contribution in [2.24, 2.45) is 13.0 Å². The van der Waals surface area contributed by atoms with Gasteiger partial charge in [-0.2, -0.15) is 0 Å². The smallest absolute Gasteiger partial charge is 0.237 e. The van der Waals surface area contributed by atoms with Gasteiger partial charge in [0, 0.05) is 25.5 Å². The molecule has 1 amide bonds. The summed E-state index contributed by atoms with van der Waals surface area (Å²) in [4.78, 5) is 18.6. The van der Waals surface area contributed by atoms with Gasteiger partial charge in [-0.1, -0.05) is 29.8 Å². The van der Waals surface area contributed by atoms with Crippen LogP contribution in [0.1, 0.15) is 32.5 Å². The molecule has 1 heterocycles. The Labute approximate surface area is 117 Å². The Morgan fingerprint density at radius 2 is 2.28 bits per heavy atom. The Morgan fingerprint density at radius 3 is 2.72 bits per heavy atom. The highest BCUT2D eigenvalue weighted by atomic mass is 79.9. The van der Waals surface area contributed by atoms with Crippen LogP contribution in [-0.2, 0) is 18.4 Å². The molecule has 0 N–H and O–H groups in total. The van der Waals surface area contributed by atoms with Crippen LogP contribution in [0.25, 0.3) is 0 Å². The SMILES string of the molecule is CC(C)C(Br)C(=O)N(Cc1nccn1C)C1CC1. The third-order valence-electron chi connectivity index (χ3n) is 3.32. The fourth-order valence-corrected chi connectivity index (χ4v) is 2.18. The number of halogens is 1. The van der Waals surface area contributed by atoms with Crippen LogP contribution in [0.2, 0.25) is 0 Å². The van der Waals surface area contributed by atoms with Gasteiger partial charge in [0.25, 0.3) is 0 Å². The first kappa shape index (κ1) is 13.6. The van der Waals surface area contributed by atoms with Crippen molar-refractivity contribution in [3.8, 4) is 0 Å². The molecule has 1 atom stereocenters.